The molecule has 3 aromatic rings. The summed E-state index contributed by atoms with van der Waals surface area (Å²) in [4.78, 5) is 39.7. The predicted octanol–water partition coefficient (Wildman–Crippen LogP) is 2.29. The molecule has 0 fully saturated rings. The van der Waals surface area contributed by atoms with Gasteiger partial charge >= 0.3 is 5.97 Å². The van der Waals surface area contributed by atoms with Crippen LogP contribution in [0.5, 0.6) is 0 Å². The minimum absolute atomic E-state index is 0.0287. The predicted molar refractivity (Wildman–Crippen MR) is 114 cm³/mol. The summed E-state index contributed by atoms with van der Waals surface area (Å²) >= 11 is 0. The zero-order chi connectivity index (χ0) is 21.6. The van der Waals surface area contributed by atoms with Crippen LogP contribution in [-0.2, 0) is 30.3 Å². The van der Waals surface area contributed by atoms with Crippen molar-refractivity contribution in [3.05, 3.63) is 77.8 Å². The third kappa shape index (κ3) is 4.75. The van der Waals surface area contributed by atoms with Crippen molar-refractivity contribution in [1.29, 1.82) is 0 Å². The van der Waals surface area contributed by atoms with Crippen LogP contribution in [0.3, 0.4) is 0 Å². The average Bonchev–Trinajstić information content (AvgIpc) is 3.36. The number of rotatable bonds is 8. The van der Waals surface area contributed by atoms with Crippen LogP contribution >= 0.6 is 0 Å². The average molecular weight is 419 g/mol. The third-order valence-electron chi connectivity index (χ3n) is 4.82. The SMILES string of the molecule is O=C(COC(=O)C1=C(Nc2ccccc2)OCC1=O)NCCc1c[nH]c2ccccc12. The van der Waals surface area contributed by atoms with Gasteiger partial charge in [0, 0.05) is 29.3 Å². The first kappa shape index (κ1) is 20.2. The van der Waals surface area contributed by atoms with E-state index in [1.165, 1.54) is 0 Å². The van der Waals surface area contributed by atoms with Gasteiger partial charge in [0.2, 0.25) is 11.7 Å². The Kier molecular flexibility index (Phi) is 5.98. The van der Waals surface area contributed by atoms with E-state index >= 15 is 0 Å². The van der Waals surface area contributed by atoms with Crippen LogP contribution in [-0.4, -0.2) is 42.4 Å². The molecule has 0 bridgehead atoms. The normalized spacial score (nSPS) is 13.2. The van der Waals surface area contributed by atoms with E-state index in [4.69, 9.17) is 9.47 Å². The van der Waals surface area contributed by atoms with Gasteiger partial charge in [-0.25, -0.2) is 4.79 Å². The topological polar surface area (TPSA) is 110 Å². The van der Waals surface area contributed by atoms with Gasteiger partial charge in [0.15, 0.2) is 18.8 Å². The first-order chi connectivity index (χ1) is 15.1. The summed E-state index contributed by atoms with van der Waals surface area (Å²) in [6.07, 6.45) is 2.54. The molecule has 158 valence electrons. The number of fused-ring (bicyclic) bond motifs is 1. The van der Waals surface area contributed by atoms with Crippen LogP contribution < -0.4 is 10.6 Å². The number of amides is 1. The molecule has 1 amide bonds. The quantitative estimate of drug-likeness (QED) is 0.382. The maximum Gasteiger partial charge on any atom is 0.347 e. The number of benzene rings is 2. The number of hydrogen-bond acceptors (Lipinski definition) is 6. The number of ketones is 1. The number of ether oxygens (including phenoxy) is 2. The van der Waals surface area contributed by atoms with Crippen LogP contribution in [0.15, 0.2) is 72.3 Å². The van der Waals surface area contributed by atoms with Crippen molar-refractivity contribution in [1.82, 2.24) is 10.3 Å². The summed E-state index contributed by atoms with van der Waals surface area (Å²) in [5, 5.41) is 6.71. The molecular weight excluding hydrogens is 398 g/mol. The van der Waals surface area contributed by atoms with Crippen molar-refractivity contribution in [2.24, 2.45) is 0 Å². The van der Waals surface area contributed by atoms with Gasteiger partial charge in [0.25, 0.3) is 5.91 Å². The molecule has 2 heterocycles. The molecule has 0 unspecified atom stereocenters. The zero-order valence-electron chi connectivity index (χ0n) is 16.6. The Morgan fingerprint density at radius 3 is 2.68 bits per heavy atom. The highest BCUT2D eigenvalue weighted by molar-refractivity contribution is 6.20. The lowest BCUT2D eigenvalue weighted by atomic mass is 10.1. The maximum atomic E-state index is 12.4. The van der Waals surface area contributed by atoms with Crippen molar-refractivity contribution >= 4 is 34.3 Å². The fourth-order valence-corrected chi connectivity index (χ4v) is 3.30. The van der Waals surface area contributed by atoms with Gasteiger partial charge < -0.3 is 25.1 Å². The van der Waals surface area contributed by atoms with Crippen molar-refractivity contribution in [2.75, 3.05) is 25.1 Å². The first-order valence-electron chi connectivity index (χ1n) is 9.83. The van der Waals surface area contributed by atoms with E-state index in [1.54, 1.807) is 24.3 Å². The second-order valence-electron chi connectivity index (χ2n) is 6.94. The molecule has 0 spiro atoms. The highest BCUT2D eigenvalue weighted by Gasteiger charge is 2.32. The molecule has 4 rings (SSSR count). The van der Waals surface area contributed by atoms with E-state index in [-0.39, 0.29) is 18.1 Å². The molecule has 0 atom stereocenters. The maximum absolute atomic E-state index is 12.4. The summed E-state index contributed by atoms with van der Waals surface area (Å²) < 4.78 is 10.3. The fourth-order valence-electron chi connectivity index (χ4n) is 3.30. The Morgan fingerprint density at radius 1 is 1.06 bits per heavy atom. The summed E-state index contributed by atoms with van der Waals surface area (Å²) in [6.45, 7) is -0.345. The number of aromatic nitrogens is 1. The number of carbonyl (C=O) groups is 3. The van der Waals surface area contributed by atoms with Gasteiger partial charge in [0.05, 0.1) is 0 Å². The molecule has 0 aliphatic carbocycles. The van der Waals surface area contributed by atoms with E-state index in [9.17, 15) is 14.4 Å². The van der Waals surface area contributed by atoms with E-state index < -0.39 is 24.3 Å². The number of nitrogens with one attached hydrogen (secondary N) is 3. The number of para-hydroxylation sites is 2. The number of esters is 1. The van der Waals surface area contributed by atoms with Crippen LogP contribution in [0, 0.1) is 0 Å². The number of anilines is 1. The lowest BCUT2D eigenvalue weighted by molar-refractivity contribution is -0.145. The van der Waals surface area contributed by atoms with Crippen molar-refractivity contribution in [2.45, 2.75) is 6.42 Å². The third-order valence-corrected chi connectivity index (χ3v) is 4.82. The first-order valence-corrected chi connectivity index (χ1v) is 9.83. The van der Waals surface area contributed by atoms with E-state index in [2.05, 4.69) is 15.6 Å². The molecule has 0 radical (unpaired) electrons. The van der Waals surface area contributed by atoms with Crippen molar-refractivity contribution in [3.8, 4) is 0 Å². The molecule has 8 heteroatoms. The molecule has 0 saturated heterocycles. The lowest BCUT2D eigenvalue weighted by Gasteiger charge is -2.09. The molecule has 0 saturated carbocycles. The Hall–Kier alpha value is -4.07. The minimum atomic E-state index is -0.896. The minimum Gasteiger partial charge on any atom is -0.470 e. The monoisotopic (exact) mass is 419 g/mol. The summed E-state index contributed by atoms with van der Waals surface area (Å²) in [5.74, 6) is -1.81. The van der Waals surface area contributed by atoms with Crippen molar-refractivity contribution in [3.63, 3.8) is 0 Å². The number of H-pyrrole nitrogens is 1. The standard InChI is InChI=1S/C23H21N3O5/c27-19-13-30-22(26-16-6-2-1-3-7-16)21(19)23(29)31-14-20(28)24-11-10-15-12-25-18-9-5-4-8-17(15)18/h1-9,12,25-26H,10-11,13-14H2,(H,24,28). The van der Waals surface area contributed by atoms with Crippen LogP contribution in [0.4, 0.5) is 5.69 Å². The van der Waals surface area contributed by atoms with Crippen LogP contribution in [0.1, 0.15) is 5.56 Å². The van der Waals surface area contributed by atoms with Crippen molar-refractivity contribution < 1.29 is 23.9 Å². The largest absolute Gasteiger partial charge is 0.470 e. The molecule has 31 heavy (non-hydrogen) atoms. The number of carbonyl (C=O) groups excluding carboxylic acids is 3. The second kappa shape index (κ2) is 9.17. The Labute approximate surface area is 178 Å². The van der Waals surface area contributed by atoms with Gasteiger partial charge in [-0.2, -0.15) is 0 Å². The Bertz CT molecular complexity index is 1150. The van der Waals surface area contributed by atoms with Gasteiger partial charge in [-0.15, -0.1) is 0 Å². The number of hydrogen-bond donors (Lipinski definition) is 3. The molecule has 1 aliphatic rings. The molecule has 8 nitrogen and oxygen atoms in total. The zero-order valence-corrected chi connectivity index (χ0v) is 16.6. The highest BCUT2D eigenvalue weighted by atomic mass is 16.5. The van der Waals surface area contributed by atoms with E-state index in [1.807, 2.05) is 36.5 Å². The highest BCUT2D eigenvalue weighted by Crippen LogP contribution is 2.20. The van der Waals surface area contributed by atoms with Crippen LogP contribution in [0.2, 0.25) is 0 Å². The number of Topliss-reactive ketones (excluding diaryl/α,β-unsaturated/α-hetero) is 1. The fraction of sp³-hybridized carbons (Fsp3) is 0.174. The van der Waals surface area contributed by atoms with Gasteiger partial charge in [0.1, 0.15) is 0 Å². The second-order valence-corrected chi connectivity index (χ2v) is 6.94. The summed E-state index contributed by atoms with van der Waals surface area (Å²) in [7, 11) is 0. The lowest BCUT2D eigenvalue weighted by Crippen LogP contribution is -2.31. The molecule has 3 N–H and O–H groups in total. The van der Waals surface area contributed by atoms with Crippen LogP contribution in [0.25, 0.3) is 10.9 Å². The van der Waals surface area contributed by atoms with Gasteiger partial charge in [-0.3, -0.25) is 9.59 Å². The summed E-state index contributed by atoms with van der Waals surface area (Å²) in [6, 6.07) is 16.9. The van der Waals surface area contributed by atoms with E-state index in [0.29, 0.717) is 18.7 Å². The Morgan fingerprint density at radius 2 is 1.84 bits per heavy atom. The smallest absolute Gasteiger partial charge is 0.347 e. The Balaban J connectivity index is 1.28. The molecule has 1 aliphatic heterocycles. The van der Waals surface area contributed by atoms with Gasteiger partial charge in [-0.1, -0.05) is 36.4 Å². The molecule has 2 aromatic carbocycles. The summed E-state index contributed by atoms with van der Waals surface area (Å²) in [5.41, 5.74) is 2.56. The molecular formula is C23H21N3O5. The number of aromatic amines is 1. The van der Waals surface area contributed by atoms with Gasteiger partial charge in [-0.05, 0) is 30.2 Å². The van der Waals surface area contributed by atoms with E-state index in [0.717, 1.165) is 16.5 Å². The molecule has 1 aromatic heterocycles.